The standard InChI is InChI=1S/C4H6ClN3O/c1-9-4-6-3(2-5)7-8-4/h2H2,1H3,(H,6,7,8). The van der Waals surface area contributed by atoms with Gasteiger partial charge in [-0.1, -0.05) is 5.10 Å². The molecule has 0 aliphatic rings. The first-order valence-electron chi connectivity index (χ1n) is 2.38. The third-order valence-corrected chi connectivity index (χ3v) is 1.09. The summed E-state index contributed by atoms with van der Waals surface area (Å²) in [6, 6.07) is 0.394. The SMILES string of the molecule is COc1nnc(CCl)[nH]1. The van der Waals surface area contributed by atoms with E-state index in [0.717, 1.165) is 0 Å². The van der Waals surface area contributed by atoms with Crippen LogP contribution < -0.4 is 4.74 Å². The molecule has 0 saturated heterocycles. The van der Waals surface area contributed by atoms with Crippen molar-refractivity contribution in [2.75, 3.05) is 7.11 Å². The quantitative estimate of drug-likeness (QED) is 0.622. The van der Waals surface area contributed by atoms with Crippen molar-refractivity contribution in [2.24, 2.45) is 0 Å². The number of nitrogens with zero attached hydrogens (tertiary/aromatic N) is 2. The maximum atomic E-state index is 5.41. The first-order chi connectivity index (χ1) is 4.36. The molecule has 9 heavy (non-hydrogen) atoms. The lowest BCUT2D eigenvalue weighted by Crippen LogP contribution is -1.83. The van der Waals surface area contributed by atoms with Crippen LogP contribution in [0.1, 0.15) is 5.82 Å². The highest BCUT2D eigenvalue weighted by molar-refractivity contribution is 6.16. The van der Waals surface area contributed by atoms with Gasteiger partial charge < -0.3 is 4.74 Å². The minimum absolute atomic E-state index is 0.330. The highest BCUT2D eigenvalue weighted by Gasteiger charge is 1.97. The lowest BCUT2D eigenvalue weighted by molar-refractivity contribution is 0.381. The van der Waals surface area contributed by atoms with Gasteiger partial charge in [-0.3, -0.25) is 4.98 Å². The van der Waals surface area contributed by atoms with E-state index in [1.54, 1.807) is 0 Å². The van der Waals surface area contributed by atoms with Crippen molar-refractivity contribution >= 4 is 11.6 Å². The van der Waals surface area contributed by atoms with Crippen LogP contribution in [0.25, 0.3) is 0 Å². The van der Waals surface area contributed by atoms with Crippen LogP contribution in [0.4, 0.5) is 0 Å². The van der Waals surface area contributed by atoms with E-state index >= 15 is 0 Å². The molecule has 1 heterocycles. The average Bonchev–Trinajstić information content (AvgIpc) is 2.34. The van der Waals surface area contributed by atoms with Crippen LogP contribution in [0, 0.1) is 0 Å². The minimum Gasteiger partial charge on any atom is -0.467 e. The molecule has 1 rings (SSSR count). The summed E-state index contributed by atoms with van der Waals surface area (Å²) >= 11 is 5.41. The number of alkyl halides is 1. The molecule has 0 saturated carbocycles. The zero-order valence-corrected chi connectivity index (χ0v) is 5.64. The van der Waals surface area contributed by atoms with Gasteiger partial charge in [0.1, 0.15) is 5.82 Å². The normalized spacial score (nSPS) is 9.56. The summed E-state index contributed by atoms with van der Waals surface area (Å²) in [5.41, 5.74) is 0. The van der Waals surface area contributed by atoms with Crippen molar-refractivity contribution in [3.63, 3.8) is 0 Å². The fourth-order valence-corrected chi connectivity index (χ4v) is 0.551. The fraction of sp³-hybridized carbons (Fsp3) is 0.500. The van der Waals surface area contributed by atoms with Gasteiger partial charge in [0.05, 0.1) is 13.0 Å². The Hall–Kier alpha value is -0.770. The smallest absolute Gasteiger partial charge is 0.313 e. The van der Waals surface area contributed by atoms with Crippen molar-refractivity contribution < 1.29 is 4.74 Å². The van der Waals surface area contributed by atoms with Crippen LogP contribution in [-0.4, -0.2) is 22.3 Å². The maximum Gasteiger partial charge on any atom is 0.313 e. The van der Waals surface area contributed by atoms with Crippen LogP contribution in [0.15, 0.2) is 0 Å². The van der Waals surface area contributed by atoms with E-state index in [9.17, 15) is 0 Å². The number of nitrogens with one attached hydrogen (secondary N) is 1. The molecule has 0 amide bonds. The second kappa shape index (κ2) is 2.68. The van der Waals surface area contributed by atoms with E-state index < -0.39 is 0 Å². The molecule has 1 aromatic rings. The van der Waals surface area contributed by atoms with Gasteiger partial charge in [0.15, 0.2) is 0 Å². The summed E-state index contributed by atoms with van der Waals surface area (Å²) in [5, 5.41) is 7.24. The molecule has 4 nitrogen and oxygen atoms in total. The van der Waals surface area contributed by atoms with Gasteiger partial charge in [-0.15, -0.1) is 16.7 Å². The largest absolute Gasteiger partial charge is 0.467 e. The molecule has 0 radical (unpaired) electrons. The molecule has 0 bridgehead atoms. The summed E-state index contributed by atoms with van der Waals surface area (Å²) in [6.07, 6.45) is 0. The molecule has 0 aliphatic heterocycles. The summed E-state index contributed by atoms with van der Waals surface area (Å²) in [4.78, 5) is 2.74. The Morgan fingerprint density at radius 2 is 2.44 bits per heavy atom. The van der Waals surface area contributed by atoms with Crippen LogP contribution in [0.5, 0.6) is 6.01 Å². The van der Waals surface area contributed by atoms with E-state index in [-0.39, 0.29) is 0 Å². The van der Waals surface area contributed by atoms with Crippen molar-refractivity contribution in [2.45, 2.75) is 5.88 Å². The highest BCUT2D eigenvalue weighted by atomic mass is 35.5. The van der Waals surface area contributed by atoms with E-state index in [0.29, 0.717) is 17.7 Å². The molecule has 0 unspecified atom stereocenters. The average molecular weight is 148 g/mol. The summed E-state index contributed by atoms with van der Waals surface area (Å²) in [6.45, 7) is 0. The van der Waals surface area contributed by atoms with Crippen molar-refractivity contribution in [3.8, 4) is 6.01 Å². The first kappa shape index (κ1) is 6.35. The highest BCUT2D eigenvalue weighted by Crippen LogP contribution is 2.01. The van der Waals surface area contributed by atoms with Gasteiger partial charge >= 0.3 is 6.01 Å². The van der Waals surface area contributed by atoms with E-state index in [2.05, 4.69) is 15.2 Å². The monoisotopic (exact) mass is 147 g/mol. The van der Waals surface area contributed by atoms with E-state index in [1.807, 2.05) is 0 Å². The molecule has 0 spiro atoms. The number of aromatic nitrogens is 3. The molecule has 0 atom stereocenters. The molecule has 0 aliphatic carbocycles. The van der Waals surface area contributed by atoms with Crippen LogP contribution in [0.3, 0.4) is 0 Å². The molecular formula is C4H6ClN3O. The Morgan fingerprint density at radius 3 is 2.78 bits per heavy atom. The van der Waals surface area contributed by atoms with Gasteiger partial charge in [-0.05, 0) is 0 Å². The van der Waals surface area contributed by atoms with Crippen LogP contribution in [0.2, 0.25) is 0 Å². The number of hydrogen-bond acceptors (Lipinski definition) is 3. The van der Waals surface area contributed by atoms with Gasteiger partial charge in [0.2, 0.25) is 0 Å². The molecule has 1 aromatic heterocycles. The molecule has 5 heteroatoms. The molecule has 0 fully saturated rings. The third kappa shape index (κ3) is 1.32. The van der Waals surface area contributed by atoms with Crippen LogP contribution in [-0.2, 0) is 5.88 Å². The Balaban J connectivity index is 2.74. The van der Waals surface area contributed by atoms with E-state index in [4.69, 9.17) is 16.3 Å². The lowest BCUT2D eigenvalue weighted by Gasteiger charge is -1.85. The Kier molecular flexibility index (Phi) is 1.89. The van der Waals surface area contributed by atoms with Crippen molar-refractivity contribution in [3.05, 3.63) is 5.82 Å². The molecular weight excluding hydrogens is 142 g/mol. The number of rotatable bonds is 2. The zero-order chi connectivity index (χ0) is 6.69. The van der Waals surface area contributed by atoms with E-state index in [1.165, 1.54) is 7.11 Å². The predicted octanol–water partition coefficient (Wildman–Crippen LogP) is 0.552. The van der Waals surface area contributed by atoms with Crippen molar-refractivity contribution in [1.82, 2.24) is 15.2 Å². The number of aromatic amines is 1. The van der Waals surface area contributed by atoms with Gasteiger partial charge in [0, 0.05) is 0 Å². The second-order valence-corrected chi connectivity index (χ2v) is 1.68. The predicted molar refractivity (Wildman–Crippen MR) is 32.5 cm³/mol. The van der Waals surface area contributed by atoms with Gasteiger partial charge in [-0.2, -0.15) is 0 Å². The lowest BCUT2D eigenvalue weighted by atomic mass is 10.7. The Labute approximate surface area is 57.2 Å². The number of methoxy groups -OCH3 is 1. The third-order valence-electron chi connectivity index (χ3n) is 0.833. The van der Waals surface area contributed by atoms with Gasteiger partial charge in [-0.25, -0.2) is 0 Å². The molecule has 1 N–H and O–H groups in total. The Morgan fingerprint density at radius 1 is 1.67 bits per heavy atom. The molecule has 50 valence electrons. The number of hydrogen-bond donors (Lipinski definition) is 1. The Bertz CT molecular complexity index is 169. The number of ether oxygens (including phenoxy) is 1. The maximum absolute atomic E-state index is 5.41. The first-order valence-corrected chi connectivity index (χ1v) is 2.91. The number of H-pyrrole nitrogens is 1. The zero-order valence-electron chi connectivity index (χ0n) is 4.89. The molecule has 0 aromatic carbocycles. The van der Waals surface area contributed by atoms with Crippen molar-refractivity contribution in [1.29, 1.82) is 0 Å². The summed E-state index contributed by atoms with van der Waals surface area (Å²) < 4.78 is 4.71. The summed E-state index contributed by atoms with van der Waals surface area (Å²) in [7, 11) is 1.51. The second-order valence-electron chi connectivity index (χ2n) is 1.41. The topological polar surface area (TPSA) is 50.8 Å². The summed E-state index contributed by atoms with van der Waals surface area (Å²) in [5.74, 6) is 0.949. The minimum atomic E-state index is 0.330. The fourth-order valence-electron chi connectivity index (χ4n) is 0.431. The number of halogens is 1. The van der Waals surface area contributed by atoms with Gasteiger partial charge in [0.25, 0.3) is 0 Å². The van der Waals surface area contributed by atoms with Crippen LogP contribution >= 0.6 is 11.6 Å².